The zero-order chi connectivity index (χ0) is 25.3. The number of rotatable bonds is 7. The zero-order valence-corrected chi connectivity index (χ0v) is 19.7. The van der Waals surface area contributed by atoms with Crippen molar-refractivity contribution in [2.45, 2.75) is 53.1 Å². The average Bonchev–Trinajstić information content (AvgIpc) is 2.77. The monoisotopic (exact) mass is 472 g/mol. The topological polar surface area (TPSA) is 66.6 Å². The maximum absolute atomic E-state index is 10.6. The Hall–Kier alpha value is -3.16. The van der Waals surface area contributed by atoms with Gasteiger partial charge in [-0.15, -0.1) is 0 Å². The van der Waals surface area contributed by atoms with E-state index in [-0.39, 0.29) is 0 Å². The van der Waals surface area contributed by atoms with E-state index in [1.807, 2.05) is 0 Å². The van der Waals surface area contributed by atoms with Crippen molar-refractivity contribution in [1.82, 2.24) is 4.90 Å². The second kappa shape index (κ2) is 12.3. The van der Waals surface area contributed by atoms with E-state index in [4.69, 9.17) is 15.6 Å². The lowest BCUT2D eigenvalue weighted by Crippen LogP contribution is -2.23. The minimum atomic E-state index is -5.08. The number of hydrogen-bond donors (Lipinski definition) is 2. The Morgan fingerprint density at radius 1 is 0.824 bits per heavy atom. The van der Waals surface area contributed by atoms with Crippen molar-refractivity contribution in [3.63, 3.8) is 0 Å². The van der Waals surface area contributed by atoms with Gasteiger partial charge in [-0.1, -0.05) is 72.3 Å². The van der Waals surface area contributed by atoms with Crippen molar-refractivity contribution in [2.75, 3.05) is 0 Å². The van der Waals surface area contributed by atoms with E-state index < -0.39 is 12.1 Å². The van der Waals surface area contributed by atoms with Gasteiger partial charge in [-0.2, -0.15) is 13.2 Å². The van der Waals surface area contributed by atoms with Crippen LogP contribution in [0.2, 0.25) is 0 Å². The molecule has 0 spiro atoms. The first-order chi connectivity index (χ1) is 16.0. The molecule has 7 heteroatoms. The number of benzene rings is 3. The number of carbonyl (C=O) groups is 1. The molecule has 0 fully saturated rings. The van der Waals surface area contributed by atoms with Gasteiger partial charge in [-0.05, 0) is 54.2 Å². The molecule has 0 bridgehead atoms. The predicted molar refractivity (Wildman–Crippen MR) is 128 cm³/mol. The zero-order valence-electron chi connectivity index (χ0n) is 19.7. The van der Waals surface area contributed by atoms with Crippen LogP contribution in [0.25, 0.3) is 0 Å². The van der Waals surface area contributed by atoms with Gasteiger partial charge in [0.05, 0.1) is 0 Å². The van der Waals surface area contributed by atoms with Gasteiger partial charge in [-0.25, -0.2) is 4.79 Å². The molecular weight excluding hydrogens is 441 g/mol. The summed E-state index contributed by atoms with van der Waals surface area (Å²) in [5.41, 5.74) is 15.1. The first kappa shape index (κ1) is 27.1. The van der Waals surface area contributed by atoms with Gasteiger partial charge in [0.1, 0.15) is 0 Å². The third-order valence-electron chi connectivity index (χ3n) is 5.38. The molecular formula is C27H31F3N2O2. The van der Waals surface area contributed by atoms with Gasteiger partial charge >= 0.3 is 12.1 Å². The van der Waals surface area contributed by atoms with Crippen LogP contribution in [-0.4, -0.2) is 22.2 Å². The molecule has 0 saturated carbocycles. The van der Waals surface area contributed by atoms with Crippen LogP contribution >= 0.6 is 0 Å². The molecule has 0 unspecified atom stereocenters. The van der Waals surface area contributed by atoms with Gasteiger partial charge < -0.3 is 10.8 Å². The Kier molecular flexibility index (Phi) is 9.83. The summed E-state index contributed by atoms with van der Waals surface area (Å²) in [6.07, 6.45) is -5.08. The molecule has 0 atom stereocenters. The number of carboxylic acids is 1. The van der Waals surface area contributed by atoms with Crippen molar-refractivity contribution in [2.24, 2.45) is 5.73 Å². The number of aryl methyl sites for hydroxylation is 3. The maximum atomic E-state index is 10.6. The van der Waals surface area contributed by atoms with Crippen molar-refractivity contribution < 1.29 is 23.1 Å². The van der Waals surface area contributed by atoms with Crippen LogP contribution in [0.4, 0.5) is 13.2 Å². The smallest absolute Gasteiger partial charge is 0.475 e. The standard InChI is InChI=1S/C25H30N2.C2HF3O2/c1-19-13-20(2)25(21(3)14-19)18-27(16-23-7-5-4-6-8-23)17-24-11-9-22(15-26)10-12-24;3-2(4,5)1(6)7/h4-14H,15-18,26H2,1-3H3;(H,6,7). The molecule has 0 aliphatic carbocycles. The summed E-state index contributed by atoms with van der Waals surface area (Å²) in [6, 6.07) is 24.0. The molecule has 3 aromatic rings. The first-order valence-electron chi connectivity index (χ1n) is 10.9. The van der Waals surface area contributed by atoms with Crippen LogP contribution in [0.5, 0.6) is 0 Å². The molecule has 0 aromatic heterocycles. The highest BCUT2D eigenvalue weighted by Gasteiger charge is 2.38. The minimum absolute atomic E-state index is 0.593. The number of nitrogens with two attached hydrogens (primary N) is 1. The second-order valence-corrected chi connectivity index (χ2v) is 8.33. The summed E-state index contributed by atoms with van der Waals surface area (Å²) < 4.78 is 31.7. The van der Waals surface area contributed by atoms with Crippen LogP contribution in [0, 0.1) is 20.8 Å². The average molecular weight is 473 g/mol. The number of nitrogens with zero attached hydrogens (tertiary/aromatic N) is 1. The van der Waals surface area contributed by atoms with Gasteiger partial charge in [0.15, 0.2) is 0 Å². The quantitative estimate of drug-likeness (QED) is 0.449. The molecule has 182 valence electrons. The maximum Gasteiger partial charge on any atom is 0.490 e. The molecule has 3 rings (SSSR count). The molecule has 34 heavy (non-hydrogen) atoms. The van der Waals surface area contributed by atoms with Gasteiger partial charge in [-0.3, -0.25) is 4.90 Å². The molecule has 0 aliphatic rings. The number of carboxylic acid groups (broad SMARTS) is 1. The molecule has 3 aromatic carbocycles. The summed E-state index contributed by atoms with van der Waals surface area (Å²) in [6.45, 7) is 10.0. The van der Waals surface area contributed by atoms with Crippen LogP contribution in [0.15, 0.2) is 66.7 Å². The molecule has 3 N–H and O–H groups in total. The van der Waals surface area contributed by atoms with Crippen molar-refractivity contribution in [3.05, 3.63) is 106 Å². The normalized spacial score (nSPS) is 11.2. The predicted octanol–water partition coefficient (Wildman–Crippen LogP) is 5.91. The third-order valence-corrected chi connectivity index (χ3v) is 5.38. The molecule has 0 amide bonds. The van der Waals surface area contributed by atoms with E-state index in [9.17, 15) is 13.2 Å². The molecule has 0 saturated heterocycles. The van der Waals surface area contributed by atoms with Gasteiger partial charge in [0.2, 0.25) is 0 Å². The van der Waals surface area contributed by atoms with Crippen molar-refractivity contribution in [3.8, 4) is 0 Å². The van der Waals surface area contributed by atoms with Gasteiger partial charge in [0, 0.05) is 26.2 Å². The van der Waals surface area contributed by atoms with Crippen molar-refractivity contribution in [1.29, 1.82) is 0 Å². The summed E-state index contributed by atoms with van der Waals surface area (Å²) >= 11 is 0. The van der Waals surface area contributed by atoms with E-state index in [1.165, 1.54) is 38.9 Å². The van der Waals surface area contributed by atoms with Crippen LogP contribution in [-0.2, 0) is 31.0 Å². The first-order valence-corrected chi connectivity index (χ1v) is 10.9. The molecule has 0 aliphatic heterocycles. The number of aliphatic carboxylic acids is 1. The van der Waals surface area contributed by atoms with Crippen LogP contribution in [0.1, 0.15) is 38.9 Å². The minimum Gasteiger partial charge on any atom is -0.475 e. The Balaban J connectivity index is 0.000000509. The van der Waals surface area contributed by atoms with Crippen LogP contribution in [0.3, 0.4) is 0 Å². The highest BCUT2D eigenvalue weighted by atomic mass is 19.4. The van der Waals surface area contributed by atoms with E-state index in [1.54, 1.807) is 0 Å². The van der Waals surface area contributed by atoms with E-state index in [0.717, 1.165) is 19.6 Å². The highest BCUT2D eigenvalue weighted by Crippen LogP contribution is 2.21. The van der Waals surface area contributed by atoms with Crippen molar-refractivity contribution >= 4 is 5.97 Å². The third kappa shape index (κ3) is 8.65. The molecule has 0 heterocycles. The summed E-state index contributed by atoms with van der Waals surface area (Å²) in [5, 5.41) is 7.12. The number of alkyl halides is 3. The summed E-state index contributed by atoms with van der Waals surface area (Å²) in [4.78, 5) is 11.4. The Labute approximate surface area is 198 Å². The fraction of sp³-hybridized carbons (Fsp3) is 0.296. The lowest BCUT2D eigenvalue weighted by molar-refractivity contribution is -0.192. The number of hydrogen-bond acceptors (Lipinski definition) is 3. The molecule has 4 nitrogen and oxygen atoms in total. The lowest BCUT2D eigenvalue weighted by Gasteiger charge is -2.25. The van der Waals surface area contributed by atoms with E-state index in [0.29, 0.717) is 6.54 Å². The second-order valence-electron chi connectivity index (χ2n) is 8.33. The van der Waals surface area contributed by atoms with Gasteiger partial charge in [0.25, 0.3) is 0 Å². The molecule has 0 radical (unpaired) electrons. The Bertz CT molecular complexity index is 1040. The Morgan fingerprint density at radius 3 is 1.71 bits per heavy atom. The fourth-order valence-electron chi connectivity index (χ4n) is 3.73. The summed E-state index contributed by atoms with van der Waals surface area (Å²) in [5.74, 6) is -2.76. The highest BCUT2D eigenvalue weighted by molar-refractivity contribution is 5.73. The van der Waals surface area contributed by atoms with E-state index in [2.05, 4.69) is 92.4 Å². The SMILES string of the molecule is Cc1cc(C)c(CN(Cc2ccccc2)Cc2ccc(CN)cc2)c(C)c1.O=C(O)C(F)(F)F. The van der Waals surface area contributed by atoms with Crippen LogP contribution < -0.4 is 5.73 Å². The van der Waals surface area contributed by atoms with E-state index >= 15 is 0 Å². The fourth-order valence-corrected chi connectivity index (χ4v) is 3.73. The lowest BCUT2D eigenvalue weighted by atomic mass is 9.99. The Morgan fingerprint density at radius 2 is 1.26 bits per heavy atom. The largest absolute Gasteiger partial charge is 0.490 e. The summed E-state index contributed by atoms with van der Waals surface area (Å²) in [7, 11) is 0. The number of halogens is 3.